The highest BCUT2D eigenvalue weighted by Gasteiger charge is 2.38. The Kier molecular flexibility index (Phi) is 5.40. The average Bonchev–Trinajstić information content (AvgIpc) is 3.55. The summed E-state index contributed by atoms with van der Waals surface area (Å²) in [6.07, 6.45) is 0. The third kappa shape index (κ3) is 3.67. The highest BCUT2D eigenvalue weighted by molar-refractivity contribution is 5.73. The summed E-state index contributed by atoms with van der Waals surface area (Å²) >= 11 is 0. The van der Waals surface area contributed by atoms with E-state index >= 15 is 0 Å². The maximum atomic E-state index is 2.47. The van der Waals surface area contributed by atoms with E-state index in [0.717, 1.165) is 26.2 Å². The number of nitrogens with zero attached hydrogens (tertiary/aromatic N) is 4. The van der Waals surface area contributed by atoms with Crippen LogP contribution in [0.15, 0.2) is 133 Å². The molecule has 0 radical (unpaired) electrons. The quantitative estimate of drug-likeness (QED) is 0.373. The summed E-state index contributed by atoms with van der Waals surface area (Å²) < 4.78 is 0. The smallest absolute Gasteiger partial charge is 0.156 e. The fraction of sp³-hybridized carbons (Fsp3) is 0.133. The van der Waals surface area contributed by atoms with Crippen LogP contribution in [0.5, 0.6) is 0 Å². The third-order valence-corrected chi connectivity index (χ3v) is 6.59. The van der Waals surface area contributed by atoms with Gasteiger partial charge in [0.1, 0.15) is 0 Å². The molecular weight excluding hydrogens is 416 g/mol. The standard InChI is InChI=1S/C30H28N4/c1-5-13-25(14-6-1)31-21-22-32(26-15-7-2-8-16-26)29(31)30-33(27-17-9-3-10-18-27)23-24-34(30)28-19-11-4-12-20-28/h1-20H,21-24H2. The summed E-state index contributed by atoms with van der Waals surface area (Å²) in [6.45, 7) is 3.73. The zero-order chi connectivity index (χ0) is 22.7. The van der Waals surface area contributed by atoms with Crippen LogP contribution in [-0.4, -0.2) is 26.2 Å². The topological polar surface area (TPSA) is 13.0 Å². The van der Waals surface area contributed by atoms with Gasteiger partial charge >= 0.3 is 0 Å². The Morgan fingerprint density at radius 2 is 0.500 bits per heavy atom. The predicted molar refractivity (Wildman–Crippen MR) is 142 cm³/mol. The van der Waals surface area contributed by atoms with E-state index in [1.54, 1.807) is 0 Å². The normalized spacial score (nSPS) is 16.0. The van der Waals surface area contributed by atoms with Gasteiger partial charge in [-0.15, -0.1) is 0 Å². The van der Waals surface area contributed by atoms with Crippen LogP contribution in [0.4, 0.5) is 22.7 Å². The zero-order valence-corrected chi connectivity index (χ0v) is 19.2. The first-order valence-electron chi connectivity index (χ1n) is 11.9. The molecule has 0 N–H and O–H groups in total. The fourth-order valence-corrected chi connectivity index (χ4v) is 5.04. The molecule has 4 aromatic rings. The minimum Gasteiger partial charge on any atom is -0.323 e. The number of rotatable bonds is 4. The summed E-state index contributed by atoms with van der Waals surface area (Å²) in [7, 11) is 0. The molecule has 0 bridgehead atoms. The Balaban J connectivity index is 1.58. The largest absolute Gasteiger partial charge is 0.323 e. The number of benzene rings is 4. The van der Waals surface area contributed by atoms with E-state index in [-0.39, 0.29) is 0 Å². The van der Waals surface area contributed by atoms with Crippen LogP contribution in [-0.2, 0) is 0 Å². The van der Waals surface area contributed by atoms with Crippen molar-refractivity contribution in [3.8, 4) is 0 Å². The molecule has 2 fully saturated rings. The summed E-state index contributed by atoms with van der Waals surface area (Å²) in [6, 6.07) is 43.1. The van der Waals surface area contributed by atoms with E-state index in [9.17, 15) is 0 Å². The molecule has 0 atom stereocenters. The lowest BCUT2D eigenvalue weighted by atomic mass is 10.2. The number of para-hydroxylation sites is 4. The number of hydrogen-bond acceptors (Lipinski definition) is 4. The molecule has 6 rings (SSSR count). The lowest BCUT2D eigenvalue weighted by Crippen LogP contribution is -2.34. The molecule has 0 amide bonds. The summed E-state index contributed by atoms with van der Waals surface area (Å²) in [5, 5.41) is 0. The Morgan fingerprint density at radius 3 is 0.706 bits per heavy atom. The van der Waals surface area contributed by atoms with Crippen molar-refractivity contribution in [3.05, 3.63) is 133 Å². The fourth-order valence-electron chi connectivity index (χ4n) is 5.04. The molecule has 4 aromatic carbocycles. The Bertz CT molecular complexity index is 1060. The van der Waals surface area contributed by atoms with Crippen molar-refractivity contribution in [2.24, 2.45) is 0 Å². The van der Waals surface area contributed by atoms with Gasteiger partial charge in [0.25, 0.3) is 0 Å². The second-order valence-corrected chi connectivity index (χ2v) is 8.60. The van der Waals surface area contributed by atoms with E-state index in [1.807, 2.05) is 0 Å². The van der Waals surface area contributed by atoms with Gasteiger partial charge in [-0.2, -0.15) is 0 Å². The van der Waals surface area contributed by atoms with E-state index in [2.05, 4.69) is 141 Å². The molecule has 2 heterocycles. The van der Waals surface area contributed by atoms with Gasteiger partial charge in [0.2, 0.25) is 0 Å². The molecular formula is C30H28N4. The van der Waals surface area contributed by atoms with Gasteiger partial charge in [-0.05, 0) is 48.5 Å². The summed E-state index contributed by atoms with van der Waals surface area (Å²) in [5.41, 5.74) is 4.88. The minimum atomic E-state index is 0.934. The molecule has 34 heavy (non-hydrogen) atoms. The molecule has 0 aromatic heterocycles. The number of anilines is 4. The van der Waals surface area contributed by atoms with Gasteiger partial charge < -0.3 is 19.6 Å². The van der Waals surface area contributed by atoms with E-state index in [1.165, 1.54) is 34.4 Å². The van der Waals surface area contributed by atoms with Crippen molar-refractivity contribution in [1.29, 1.82) is 0 Å². The van der Waals surface area contributed by atoms with Gasteiger partial charge in [-0.3, -0.25) is 0 Å². The first-order valence-corrected chi connectivity index (χ1v) is 11.9. The van der Waals surface area contributed by atoms with Gasteiger partial charge in [0, 0.05) is 48.9 Å². The van der Waals surface area contributed by atoms with Crippen LogP contribution in [0, 0.1) is 0 Å². The SMILES string of the molecule is c1ccc(N2CCN(c3ccccc3)C2=C2N(c3ccccc3)CCN2c2ccccc2)cc1. The Labute approximate surface area is 201 Å². The maximum absolute atomic E-state index is 2.47. The summed E-state index contributed by atoms with van der Waals surface area (Å²) in [4.78, 5) is 9.89. The van der Waals surface area contributed by atoms with Crippen LogP contribution < -0.4 is 19.6 Å². The minimum absolute atomic E-state index is 0.934. The lowest BCUT2D eigenvalue weighted by Gasteiger charge is -2.33. The van der Waals surface area contributed by atoms with E-state index in [4.69, 9.17) is 0 Å². The molecule has 2 aliphatic rings. The van der Waals surface area contributed by atoms with Gasteiger partial charge in [0.05, 0.1) is 0 Å². The first-order chi connectivity index (χ1) is 16.9. The van der Waals surface area contributed by atoms with Crippen molar-refractivity contribution >= 4 is 22.7 Å². The van der Waals surface area contributed by atoms with Crippen molar-refractivity contribution < 1.29 is 0 Å². The van der Waals surface area contributed by atoms with Crippen molar-refractivity contribution in [1.82, 2.24) is 0 Å². The molecule has 168 valence electrons. The van der Waals surface area contributed by atoms with Gasteiger partial charge in [-0.25, -0.2) is 0 Å². The monoisotopic (exact) mass is 444 g/mol. The molecule has 2 aliphatic heterocycles. The van der Waals surface area contributed by atoms with Crippen LogP contribution in [0.1, 0.15) is 0 Å². The molecule has 0 unspecified atom stereocenters. The van der Waals surface area contributed by atoms with E-state index in [0.29, 0.717) is 0 Å². The third-order valence-electron chi connectivity index (χ3n) is 6.59. The second kappa shape index (κ2) is 8.99. The predicted octanol–water partition coefficient (Wildman–Crippen LogP) is 6.17. The van der Waals surface area contributed by atoms with Crippen molar-refractivity contribution in [3.63, 3.8) is 0 Å². The van der Waals surface area contributed by atoms with Crippen LogP contribution in [0.2, 0.25) is 0 Å². The highest BCUT2D eigenvalue weighted by atomic mass is 15.5. The molecule has 4 heteroatoms. The van der Waals surface area contributed by atoms with Crippen LogP contribution in [0.3, 0.4) is 0 Å². The van der Waals surface area contributed by atoms with Crippen LogP contribution in [0.25, 0.3) is 0 Å². The van der Waals surface area contributed by atoms with E-state index < -0.39 is 0 Å². The molecule has 2 saturated heterocycles. The van der Waals surface area contributed by atoms with Gasteiger partial charge in [-0.1, -0.05) is 72.8 Å². The second-order valence-electron chi connectivity index (χ2n) is 8.60. The maximum Gasteiger partial charge on any atom is 0.156 e. The Morgan fingerprint density at radius 1 is 0.294 bits per heavy atom. The summed E-state index contributed by atoms with van der Waals surface area (Å²) in [5.74, 6) is 2.45. The zero-order valence-electron chi connectivity index (χ0n) is 19.2. The van der Waals surface area contributed by atoms with Crippen molar-refractivity contribution in [2.45, 2.75) is 0 Å². The Hall–Kier alpha value is -4.18. The van der Waals surface area contributed by atoms with Crippen molar-refractivity contribution in [2.75, 3.05) is 45.8 Å². The molecule has 4 nitrogen and oxygen atoms in total. The molecule has 0 saturated carbocycles. The molecule has 0 aliphatic carbocycles. The molecule has 0 spiro atoms. The number of hydrogen-bond donors (Lipinski definition) is 0. The van der Waals surface area contributed by atoms with Gasteiger partial charge in [0.15, 0.2) is 11.6 Å². The average molecular weight is 445 g/mol. The lowest BCUT2D eigenvalue weighted by molar-refractivity contribution is 0.966. The van der Waals surface area contributed by atoms with Crippen LogP contribution >= 0.6 is 0 Å². The highest BCUT2D eigenvalue weighted by Crippen LogP contribution is 2.39. The first kappa shape index (κ1) is 20.4.